The van der Waals surface area contributed by atoms with Crippen LogP contribution < -0.4 is 4.74 Å². The second-order valence-electron chi connectivity index (χ2n) is 3.76. The van der Waals surface area contributed by atoms with E-state index >= 15 is 0 Å². The zero-order valence-corrected chi connectivity index (χ0v) is 7.74. The lowest BCUT2D eigenvalue weighted by Crippen LogP contribution is -2.27. The average Bonchev–Trinajstić information content (AvgIpc) is 2.01. The molecule has 0 saturated carbocycles. The minimum absolute atomic E-state index is 0.241. The number of hydrogen-bond acceptors (Lipinski definition) is 2. The van der Waals surface area contributed by atoms with Crippen LogP contribution in [-0.2, 0) is 0 Å². The van der Waals surface area contributed by atoms with Crippen LogP contribution in [0.25, 0.3) is 6.08 Å². The molecule has 2 rings (SSSR count). The van der Waals surface area contributed by atoms with Crippen LogP contribution in [0.3, 0.4) is 0 Å². The number of fused-ring (bicyclic) bond motifs is 1. The average molecular weight is 176 g/mol. The highest BCUT2D eigenvalue weighted by Crippen LogP contribution is 2.32. The summed E-state index contributed by atoms with van der Waals surface area (Å²) in [5.41, 5.74) is 0.734. The number of phenols is 1. The molecule has 1 aliphatic heterocycles. The van der Waals surface area contributed by atoms with Crippen LogP contribution in [0.5, 0.6) is 11.5 Å². The first-order valence-corrected chi connectivity index (χ1v) is 4.28. The lowest BCUT2D eigenvalue weighted by Gasteiger charge is -2.27. The number of hydrogen-bond donors (Lipinski definition) is 1. The van der Waals surface area contributed by atoms with Crippen LogP contribution in [-0.4, -0.2) is 10.7 Å². The fraction of sp³-hybridized carbons (Fsp3) is 0.273. The molecule has 13 heavy (non-hydrogen) atoms. The molecular formula is C11H12O2. The number of aromatic hydroxyl groups is 1. The van der Waals surface area contributed by atoms with Gasteiger partial charge in [0.05, 0.1) is 0 Å². The van der Waals surface area contributed by atoms with Crippen molar-refractivity contribution in [2.75, 3.05) is 0 Å². The van der Waals surface area contributed by atoms with Crippen molar-refractivity contribution in [2.45, 2.75) is 19.4 Å². The van der Waals surface area contributed by atoms with Crippen molar-refractivity contribution in [1.29, 1.82) is 0 Å². The van der Waals surface area contributed by atoms with E-state index in [2.05, 4.69) is 0 Å². The Bertz CT molecular complexity index is 364. The van der Waals surface area contributed by atoms with Gasteiger partial charge in [-0.3, -0.25) is 0 Å². The van der Waals surface area contributed by atoms with Crippen molar-refractivity contribution in [3.63, 3.8) is 0 Å². The van der Waals surface area contributed by atoms with E-state index in [1.807, 2.05) is 32.1 Å². The van der Waals surface area contributed by atoms with Crippen molar-refractivity contribution >= 4 is 6.08 Å². The predicted octanol–water partition coefficient (Wildman–Crippen LogP) is 2.58. The zero-order chi connectivity index (χ0) is 9.47. The third-order valence-electron chi connectivity index (χ3n) is 2.03. The molecule has 0 unspecified atom stereocenters. The lowest BCUT2D eigenvalue weighted by atomic mass is 10.0. The normalized spacial score (nSPS) is 17.7. The van der Waals surface area contributed by atoms with Gasteiger partial charge in [0.2, 0.25) is 0 Å². The van der Waals surface area contributed by atoms with Crippen LogP contribution in [0.4, 0.5) is 0 Å². The highest BCUT2D eigenvalue weighted by Gasteiger charge is 2.21. The van der Waals surface area contributed by atoms with E-state index < -0.39 is 0 Å². The van der Waals surface area contributed by atoms with Gasteiger partial charge < -0.3 is 9.84 Å². The monoisotopic (exact) mass is 176 g/mol. The van der Waals surface area contributed by atoms with Gasteiger partial charge in [0.1, 0.15) is 17.1 Å². The summed E-state index contributed by atoms with van der Waals surface area (Å²) in [6, 6.07) is 5.14. The summed E-state index contributed by atoms with van der Waals surface area (Å²) >= 11 is 0. The molecule has 0 fully saturated rings. The molecule has 1 heterocycles. The topological polar surface area (TPSA) is 29.5 Å². The Labute approximate surface area is 77.5 Å². The molecule has 1 N–H and O–H groups in total. The van der Waals surface area contributed by atoms with Crippen molar-refractivity contribution < 1.29 is 9.84 Å². The van der Waals surface area contributed by atoms with E-state index in [4.69, 9.17) is 4.74 Å². The van der Waals surface area contributed by atoms with Crippen molar-refractivity contribution in [2.24, 2.45) is 0 Å². The van der Waals surface area contributed by atoms with Gasteiger partial charge in [-0.25, -0.2) is 0 Å². The molecular weight excluding hydrogens is 164 g/mol. The van der Waals surface area contributed by atoms with Gasteiger partial charge in [-0.15, -0.1) is 0 Å². The molecule has 0 bridgehead atoms. The molecule has 2 heteroatoms. The van der Waals surface area contributed by atoms with Crippen LogP contribution >= 0.6 is 0 Å². The maximum Gasteiger partial charge on any atom is 0.131 e. The summed E-state index contributed by atoms with van der Waals surface area (Å²) in [6.07, 6.45) is 4.02. The smallest absolute Gasteiger partial charge is 0.131 e. The summed E-state index contributed by atoms with van der Waals surface area (Å²) < 4.78 is 5.65. The molecule has 0 aromatic heterocycles. The van der Waals surface area contributed by atoms with E-state index in [-0.39, 0.29) is 11.4 Å². The maximum absolute atomic E-state index is 9.25. The Balaban J connectivity index is 2.48. The quantitative estimate of drug-likeness (QED) is 0.658. The van der Waals surface area contributed by atoms with Gasteiger partial charge in [0.15, 0.2) is 0 Å². The highest BCUT2D eigenvalue weighted by atomic mass is 16.5. The standard InChI is InChI=1S/C11H12O2/c1-11(2)6-5-8-3-4-9(12)7-10(8)13-11/h3-7,12H,1-2H3. The molecule has 2 nitrogen and oxygen atoms in total. The Morgan fingerprint density at radius 3 is 2.85 bits per heavy atom. The first-order valence-electron chi connectivity index (χ1n) is 4.28. The number of benzene rings is 1. The van der Waals surface area contributed by atoms with Crippen LogP contribution in [0.2, 0.25) is 0 Å². The SMILES string of the molecule is CC1(C)C=Cc2ccc(O)cc2O1. The summed E-state index contributed by atoms with van der Waals surface area (Å²) in [5, 5.41) is 9.25. The summed E-state index contributed by atoms with van der Waals surface area (Å²) in [6.45, 7) is 3.97. The van der Waals surface area contributed by atoms with Gasteiger partial charge in [-0.1, -0.05) is 6.08 Å². The summed E-state index contributed by atoms with van der Waals surface area (Å²) in [5.74, 6) is 0.984. The zero-order valence-electron chi connectivity index (χ0n) is 7.74. The Morgan fingerprint density at radius 2 is 2.08 bits per heavy atom. The number of phenolic OH excluding ortho intramolecular Hbond substituents is 1. The predicted molar refractivity (Wildman–Crippen MR) is 51.8 cm³/mol. The summed E-state index contributed by atoms with van der Waals surface area (Å²) in [4.78, 5) is 0. The minimum Gasteiger partial charge on any atom is -0.508 e. The molecule has 0 radical (unpaired) electrons. The first kappa shape index (κ1) is 8.17. The second-order valence-corrected chi connectivity index (χ2v) is 3.76. The molecule has 1 aromatic carbocycles. The fourth-order valence-electron chi connectivity index (χ4n) is 1.36. The largest absolute Gasteiger partial charge is 0.508 e. The van der Waals surface area contributed by atoms with Crippen molar-refractivity contribution in [3.8, 4) is 11.5 Å². The van der Waals surface area contributed by atoms with Crippen LogP contribution in [0.15, 0.2) is 24.3 Å². The molecule has 0 amide bonds. The Kier molecular flexibility index (Phi) is 1.59. The highest BCUT2D eigenvalue weighted by molar-refractivity contribution is 5.62. The lowest BCUT2D eigenvalue weighted by molar-refractivity contribution is 0.158. The number of rotatable bonds is 0. The third-order valence-corrected chi connectivity index (χ3v) is 2.03. The molecule has 68 valence electrons. The van der Waals surface area contributed by atoms with E-state index in [0.29, 0.717) is 0 Å². The molecule has 1 aromatic rings. The van der Waals surface area contributed by atoms with Gasteiger partial charge in [0, 0.05) is 11.6 Å². The fourth-order valence-corrected chi connectivity index (χ4v) is 1.36. The summed E-state index contributed by atoms with van der Waals surface area (Å²) in [7, 11) is 0. The van der Waals surface area contributed by atoms with E-state index in [1.54, 1.807) is 12.1 Å². The Morgan fingerprint density at radius 1 is 1.31 bits per heavy atom. The minimum atomic E-state index is -0.277. The Hall–Kier alpha value is -1.44. The number of ether oxygens (including phenoxy) is 1. The molecule has 0 atom stereocenters. The van der Waals surface area contributed by atoms with Gasteiger partial charge >= 0.3 is 0 Å². The van der Waals surface area contributed by atoms with Crippen molar-refractivity contribution in [3.05, 3.63) is 29.8 Å². The van der Waals surface area contributed by atoms with Gasteiger partial charge in [0.25, 0.3) is 0 Å². The first-order chi connectivity index (χ1) is 6.07. The molecule has 0 spiro atoms. The van der Waals surface area contributed by atoms with E-state index in [0.717, 1.165) is 11.3 Å². The van der Waals surface area contributed by atoms with Crippen LogP contribution in [0, 0.1) is 0 Å². The van der Waals surface area contributed by atoms with Crippen molar-refractivity contribution in [1.82, 2.24) is 0 Å². The third kappa shape index (κ3) is 1.52. The molecule has 0 saturated heterocycles. The van der Waals surface area contributed by atoms with E-state index in [1.165, 1.54) is 0 Å². The van der Waals surface area contributed by atoms with E-state index in [9.17, 15) is 5.11 Å². The molecule has 1 aliphatic rings. The maximum atomic E-state index is 9.25. The van der Waals surface area contributed by atoms with Gasteiger partial charge in [-0.2, -0.15) is 0 Å². The molecule has 0 aliphatic carbocycles. The van der Waals surface area contributed by atoms with Crippen LogP contribution in [0.1, 0.15) is 19.4 Å². The van der Waals surface area contributed by atoms with Gasteiger partial charge in [-0.05, 0) is 32.1 Å². The second kappa shape index (κ2) is 2.52.